The fourth-order valence-corrected chi connectivity index (χ4v) is 5.81. The van der Waals surface area contributed by atoms with Crippen LogP contribution in [0.2, 0.25) is 18.1 Å². The lowest BCUT2D eigenvalue weighted by molar-refractivity contribution is -0.0244. The quantitative estimate of drug-likeness (QED) is 0.472. The first-order valence-corrected chi connectivity index (χ1v) is 14.6. The predicted molar refractivity (Wildman–Crippen MR) is 130 cm³/mol. The van der Waals surface area contributed by atoms with Crippen LogP contribution < -0.4 is 5.73 Å². The van der Waals surface area contributed by atoms with Gasteiger partial charge in [-0.25, -0.2) is 15.0 Å². The zero-order valence-corrected chi connectivity index (χ0v) is 20.8. The molecule has 3 aromatic rings. The molecule has 4 rings (SSSR count). The van der Waals surface area contributed by atoms with Gasteiger partial charge in [0.25, 0.3) is 0 Å². The normalized spacial score (nSPS) is 19.9. The summed E-state index contributed by atoms with van der Waals surface area (Å²) in [5.41, 5.74) is 8.76. The topological polar surface area (TPSA) is 83.2 Å². The molecule has 1 fully saturated rings. The molecule has 0 bridgehead atoms. The molecular weight excluding hydrogens is 424 g/mol. The highest BCUT2D eigenvalue weighted by atomic mass is 32.1. The number of fused-ring (bicyclic) bond motifs is 1. The van der Waals surface area contributed by atoms with Crippen LogP contribution in [0, 0.1) is 0 Å². The average molecular weight is 457 g/mol. The van der Waals surface area contributed by atoms with Gasteiger partial charge in [0.2, 0.25) is 0 Å². The monoisotopic (exact) mass is 456 g/mol. The van der Waals surface area contributed by atoms with Crippen LogP contribution in [0.25, 0.3) is 21.3 Å². The van der Waals surface area contributed by atoms with E-state index in [9.17, 15) is 0 Å². The van der Waals surface area contributed by atoms with Crippen molar-refractivity contribution in [3.05, 3.63) is 36.4 Å². The fourth-order valence-electron chi connectivity index (χ4n) is 3.65. The van der Waals surface area contributed by atoms with Gasteiger partial charge >= 0.3 is 0 Å². The third kappa shape index (κ3) is 4.97. The molecule has 2 atom stereocenters. The summed E-state index contributed by atoms with van der Waals surface area (Å²) in [7, 11) is -1.81. The standard InChI is InChI=1S/C23H32N4O2SSi/c1-23(2,3)31(4,5)29-19-8-6-7-18(19)28-14-21-25-12-16(13-26-21)15-9-10-17-20(11-15)30-22(24)27-17/h9-13,18-19H,6-8,14H2,1-5H3,(H2,24,27)/t18-,19-/m0/s1. The van der Waals surface area contributed by atoms with Crippen molar-refractivity contribution in [3.8, 4) is 11.1 Å². The number of benzene rings is 1. The number of rotatable bonds is 6. The van der Waals surface area contributed by atoms with Gasteiger partial charge in [-0.05, 0) is 55.1 Å². The summed E-state index contributed by atoms with van der Waals surface area (Å²) in [5, 5.41) is 0.783. The Morgan fingerprint density at radius 2 is 1.81 bits per heavy atom. The number of anilines is 1. The number of thiazole rings is 1. The van der Waals surface area contributed by atoms with Crippen LogP contribution >= 0.6 is 11.3 Å². The van der Waals surface area contributed by atoms with E-state index in [4.69, 9.17) is 14.9 Å². The maximum Gasteiger partial charge on any atom is 0.192 e. The van der Waals surface area contributed by atoms with Gasteiger partial charge in [0.15, 0.2) is 19.3 Å². The average Bonchev–Trinajstić information content (AvgIpc) is 3.29. The largest absolute Gasteiger partial charge is 0.411 e. The van der Waals surface area contributed by atoms with E-state index in [0.29, 0.717) is 17.6 Å². The molecule has 1 saturated carbocycles. The Bertz CT molecular complexity index is 1050. The van der Waals surface area contributed by atoms with Crippen LogP contribution in [0.3, 0.4) is 0 Å². The molecule has 1 aliphatic rings. The van der Waals surface area contributed by atoms with E-state index in [1.165, 1.54) is 11.3 Å². The molecule has 6 nitrogen and oxygen atoms in total. The van der Waals surface area contributed by atoms with E-state index in [2.05, 4.69) is 54.9 Å². The van der Waals surface area contributed by atoms with Crippen molar-refractivity contribution < 1.29 is 9.16 Å². The molecule has 2 N–H and O–H groups in total. The van der Waals surface area contributed by atoms with Gasteiger partial charge in [0.1, 0.15) is 6.61 Å². The molecule has 1 aromatic carbocycles. The van der Waals surface area contributed by atoms with Crippen LogP contribution in [0.4, 0.5) is 5.13 Å². The molecule has 0 spiro atoms. The van der Waals surface area contributed by atoms with Gasteiger partial charge in [0, 0.05) is 18.0 Å². The molecule has 8 heteroatoms. The van der Waals surface area contributed by atoms with E-state index >= 15 is 0 Å². The maximum absolute atomic E-state index is 6.64. The number of nitrogens with two attached hydrogens (primary N) is 1. The van der Waals surface area contributed by atoms with Gasteiger partial charge in [-0.15, -0.1) is 0 Å². The lowest BCUT2D eigenvalue weighted by Gasteiger charge is -2.39. The highest BCUT2D eigenvalue weighted by molar-refractivity contribution is 7.22. The number of hydrogen-bond donors (Lipinski definition) is 1. The number of hydrogen-bond acceptors (Lipinski definition) is 7. The number of aromatic nitrogens is 3. The number of nitrogen functional groups attached to an aromatic ring is 1. The van der Waals surface area contributed by atoms with Crippen LogP contribution in [0.1, 0.15) is 45.9 Å². The third-order valence-corrected chi connectivity index (χ3v) is 11.9. The van der Waals surface area contributed by atoms with E-state index in [1.807, 2.05) is 24.5 Å². The summed E-state index contributed by atoms with van der Waals surface area (Å²) in [6, 6.07) is 6.09. The van der Waals surface area contributed by atoms with Crippen LogP contribution in [0.15, 0.2) is 30.6 Å². The van der Waals surface area contributed by atoms with E-state index in [-0.39, 0.29) is 17.2 Å². The molecule has 166 valence electrons. The fraction of sp³-hybridized carbons (Fsp3) is 0.522. The lowest BCUT2D eigenvalue weighted by atomic mass is 10.1. The van der Waals surface area contributed by atoms with Crippen molar-refractivity contribution in [3.63, 3.8) is 0 Å². The Balaban J connectivity index is 1.38. The highest BCUT2D eigenvalue weighted by Crippen LogP contribution is 2.40. The van der Waals surface area contributed by atoms with E-state index < -0.39 is 8.32 Å². The van der Waals surface area contributed by atoms with Crippen molar-refractivity contribution in [2.75, 3.05) is 5.73 Å². The van der Waals surface area contributed by atoms with Crippen molar-refractivity contribution in [1.82, 2.24) is 15.0 Å². The molecule has 2 aromatic heterocycles. The Kier molecular flexibility index (Phi) is 6.18. The SMILES string of the molecule is CC(C)(C)[Si](C)(C)O[C@H]1CCC[C@@H]1OCc1ncc(-c2ccc3nc(N)sc3c2)cn1. The highest BCUT2D eigenvalue weighted by Gasteiger charge is 2.42. The van der Waals surface area contributed by atoms with E-state index in [0.717, 1.165) is 40.6 Å². The Labute approximate surface area is 189 Å². The van der Waals surface area contributed by atoms with Crippen LogP contribution in [-0.4, -0.2) is 35.5 Å². The molecule has 0 saturated heterocycles. The van der Waals surface area contributed by atoms with Crippen molar-refractivity contribution in [2.45, 2.75) is 77.0 Å². The Hall–Kier alpha value is -1.87. The van der Waals surface area contributed by atoms with Crippen molar-refractivity contribution in [2.24, 2.45) is 0 Å². The van der Waals surface area contributed by atoms with Crippen LogP contribution in [-0.2, 0) is 15.8 Å². The zero-order chi connectivity index (χ0) is 22.2. The summed E-state index contributed by atoms with van der Waals surface area (Å²) in [6.45, 7) is 11.9. The lowest BCUT2D eigenvalue weighted by Crippen LogP contribution is -2.46. The molecule has 0 radical (unpaired) electrons. The molecule has 1 aliphatic carbocycles. The molecular formula is C23H32N4O2SSi. The second-order valence-corrected chi connectivity index (χ2v) is 15.6. The molecule has 31 heavy (non-hydrogen) atoms. The van der Waals surface area contributed by atoms with Gasteiger partial charge in [-0.3, -0.25) is 0 Å². The summed E-state index contributed by atoms with van der Waals surface area (Å²) in [6.07, 6.45) is 7.27. The molecule has 2 heterocycles. The first-order chi connectivity index (χ1) is 14.6. The van der Waals surface area contributed by atoms with Crippen molar-refractivity contribution in [1.29, 1.82) is 0 Å². The first-order valence-electron chi connectivity index (χ1n) is 10.9. The Morgan fingerprint density at radius 1 is 1.10 bits per heavy atom. The van der Waals surface area contributed by atoms with Crippen molar-refractivity contribution >= 4 is 35.0 Å². The van der Waals surface area contributed by atoms with Gasteiger partial charge < -0.3 is 14.9 Å². The van der Waals surface area contributed by atoms with Gasteiger partial charge in [0.05, 0.1) is 22.4 Å². The zero-order valence-electron chi connectivity index (χ0n) is 19.0. The molecule has 0 unspecified atom stereocenters. The Morgan fingerprint density at radius 3 is 2.52 bits per heavy atom. The minimum atomic E-state index is -1.81. The summed E-state index contributed by atoms with van der Waals surface area (Å²) in [5.74, 6) is 0.699. The third-order valence-electron chi connectivity index (χ3n) is 6.51. The molecule has 0 amide bonds. The van der Waals surface area contributed by atoms with E-state index in [1.54, 1.807) is 0 Å². The smallest absolute Gasteiger partial charge is 0.192 e. The molecule has 0 aliphatic heterocycles. The van der Waals surface area contributed by atoms with Crippen LogP contribution in [0.5, 0.6) is 0 Å². The second kappa shape index (κ2) is 8.58. The maximum atomic E-state index is 6.64. The summed E-state index contributed by atoms with van der Waals surface area (Å²) in [4.78, 5) is 13.4. The summed E-state index contributed by atoms with van der Waals surface area (Å²) < 4.78 is 13.9. The minimum Gasteiger partial charge on any atom is -0.411 e. The minimum absolute atomic E-state index is 0.122. The first kappa shape index (κ1) is 22.3. The predicted octanol–water partition coefficient (Wildman–Crippen LogP) is 5.80. The number of nitrogens with zero attached hydrogens (tertiary/aromatic N) is 3. The number of ether oxygens (including phenoxy) is 1. The second-order valence-electron chi connectivity index (χ2n) is 9.82. The summed E-state index contributed by atoms with van der Waals surface area (Å²) >= 11 is 1.49. The van der Waals surface area contributed by atoms with Gasteiger partial charge in [-0.1, -0.05) is 38.2 Å². The van der Waals surface area contributed by atoms with Gasteiger partial charge in [-0.2, -0.15) is 0 Å².